The average Bonchev–Trinajstić information content (AvgIpc) is 3.73. The normalized spacial score (nSPS) is 11.2. The van der Waals surface area contributed by atoms with Crippen LogP contribution in [-0.2, 0) is 0 Å². The lowest BCUT2D eigenvalue weighted by atomic mass is 9.89. The molecule has 2 nitrogen and oxygen atoms in total. The van der Waals surface area contributed by atoms with Crippen LogP contribution in [0.2, 0.25) is 0 Å². The summed E-state index contributed by atoms with van der Waals surface area (Å²) in [4.78, 5) is 2.42. The number of furan rings is 1. The van der Waals surface area contributed by atoms with Crippen molar-refractivity contribution in [1.29, 1.82) is 0 Å². The molecule has 292 valence electrons. The minimum atomic E-state index is 0.847. The monoisotopic (exact) mass is 791 g/mol. The van der Waals surface area contributed by atoms with Gasteiger partial charge in [-0.3, -0.25) is 0 Å². The molecule has 0 atom stereocenters. The second-order valence-corrected chi connectivity index (χ2v) is 15.6. The minimum absolute atomic E-state index is 0.847. The van der Waals surface area contributed by atoms with Crippen molar-refractivity contribution in [2.45, 2.75) is 0 Å². The maximum Gasteiger partial charge on any atom is 0.137 e. The van der Waals surface area contributed by atoms with Crippen LogP contribution in [0.1, 0.15) is 0 Å². The van der Waals surface area contributed by atoms with Crippen LogP contribution in [-0.4, -0.2) is 0 Å². The third-order valence-electron chi connectivity index (χ3n) is 11.9. The Hall–Kier alpha value is -8.20. The molecule has 0 bridgehead atoms. The highest BCUT2D eigenvalue weighted by atomic mass is 16.3. The van der Waals surface area contributed by atoms with Crippen molar-refractivity contribution in [2.24, 2.45) is 0 Å². The van der Waals surface area contributed by atoms with Crippen molar-refractivity contribution < 1.29 is 4.42 Å². The molecule has 2 heteroatoms. The lowest BCUT2D eigenvalue weighted by molar-refractivity contribution is 0.669. The van der Waals surface area contributed by atoms with Crippen molar-refractivity contribution in [3.63, 3.8) is 0 Å². The van der Waals surface area contributed by atoms with Crippen molar-refractivity contribution in [2.75, 3.05) is 4.90 Å². The molecule has 0 spiro atoms. The van der Waals surface area contributed by atoms with Crippen molar-refractivity contribution in [3.05, 3.63) is 249 Å². The molecule has 0 radical (unpaired) electrons. The Morgan fingerprint density at radius 2 is 0.645 bits per heavy atom. The fourth-order valence-corrected chi connectivity index (χ4v) is 8.96. The van der Waals surface area contributed by atoms with Crippen LogP contribution in [0, 0.1) is 0 Å². The van der Waals surface area contributed by atoms with Crippen LogP contribution in [0.15, 0.2) is 253 Å². The molecular formula is C60H41NO. The second kappa shape index (κ2) is 16.1. The van der Waals surface area contributed by atoms with Crippen molar-refractivity contribution in [1.82, 2.24) is 0 Å². The van der Waals surface area contributed by atoms with Gasteiger partial charge in [0.2, 0.25) is 0 Å². The minimum Gasteiger partial charge on any atom is -0.456 e. The number of hydrogen-bond acceptors (Lipinski definition) is 2. The molecular weight excluding hydrogens is 751 g/mol. The molecule has 0 unspecified atom stereocenters. The predicted octanol–water partition coefficient (Wildman–Crippen LogP) is 17.1. The van der Waals surface area contributed by atoms with Gasteiger partial charge in [-0.2, -0.15) is 0 Å². The van der Waals surface area contributed by atoms with Crippen LogP contribution >= 0.6 is 0 Å². The van der Waals surface area contributed by atoms with Gasteiger partial charge in [-0.1, -0.05) is 200 Å². The van der Waals surface area contributed by atoms with E-state index in [-0.39, 0.29) is 0 Å². The number of anilines is 3. The molecule has 0 N–H and O–H groups in total. The van der Waals surface area contributed by atoms with Gasteiger partial charge >= 0.3 is 0 Å². The van der Waals surface area contributed by atoms with Crippen LogP contribution in [0.4, 0.5) is 17.1 Å². The highest BCUT2D eigenvalue weighted by Gasteiger charge is 2.25. The zero-order valence-corrected chi connectivity index (χ0v) is 34.0. The third kappa shape index (κ3) is 6.84. The van der Waals surface area contributed by atoms with Crippen LogP contribution in [0.3, 0.4) is 0 Å². The van der Waals surface area contributed by atoms with Gasteiger partial charge < -0.3 is 9.32 Å². The summed E-state index contributed by atoms with van der Waals surface area (Å²) in [5, 5.41) is 2.21. The molecule has 10 aromatic carbocycles. The largest absolute Gasteiger partial charge is 0.456 e. The number of benzene rings is 10. The topological polar surface area (TPSA) is 16.4 Å². The van der Waals surface area contributed by atoms with E-state index in [1.54, 1.807) is 0 Å². The molecule has 0 saturated heterocycles. The maximum atomic E-state index is 6.57. The van der Waals surface area contributed by atoms with Crippen molar-refractivity contribution >= 4 is 39.0 Å². The Bertz CT molecular complexity index is 3260. The fourth-order valence-electron chi connectivity index (χ4n) is 8.96. The first kappa shape index (κ1) is 36.8. The van der Waals surface area contributed by atoms with Crippen LogP contribution in [0.5, 0.6) is 0 Å². The quantitative estimate of drug-likeness (QED) is 0.145. The number of rotatable bonds is 9. The Morgan fingerprint density at radius 3 is 1.19 bits per heavy atom. The van der Waals surface area contributed by atoms with E-state index >= 15 is 0 Å². The van der Waals surface area contributed by atoms with Crippen LogP contribution < -0.4 is 4.90 Å². The van der Waals surface area contributed by atoms with E-state index in [0.717, 1.165) is 72.4 Å². The molecule has 0 amide bonds. The molecule has 0 aliphatic carbocycles. The predicted molar refractivity (Wildman–Crippen MR) is 261 cm³/mol. The molecule has 0 aliphatic heterocycles. The third-order valence-corrected chi connectivity index (χ3v) is 11.9. The van der Waals surface area contributed by atoms with Gasteiger partial charge in [0, 0.05) is 39.3 Å². The van der Waals surface area contributed by atoms with E-state index in [4.69, 9.17) is 4.42 Å². The SMILES string of the molecule is c1ccc(-c2cc(-c3ccccc3)c(N(c3ccc(-c4ccccc4-c4ccccc4-c4ccccc4)cc3)c3ccc4c(c3)oc3ccccc34)c(-c3ccccc3)c2)cc1. The Kier molecular flexibility index (Phi) is 9.57. The number of hydrogen-bond donors (Lipinski definition) is 0. The first-order valence-electron chi connectivity index (χ1n) is 21.2. The van der Waals surface area contributed by atoms with E-state index in [1.807, 2.05) is 12.1 Å². The molecule has 1 heterocycles. The first-order chi connectivity index (χ1) is 30.8. The highest BCUT2D eigenvalue weighted by Crippen LogP contribution is 2.50. The summed E-state index contributed by atoms with van der Waals surface area (Å²) in [5.74, 6) is 0. The van der Waals surface area contributed by atoms with E-state index in [1.165, 1.54) is 33.4 Å². The van der Waals surface area contributed by atoms with Gasteiger partial charge in [-0.15, -0.1) is 0 Å². The first-order valence-corrected chi connectivity index (χ1v) is 21.2. The average molecular weight is 792 g/mol. The maximum absolute atomic E-state index is 6.57. The standard InChI is InChI=1S/C60H41NO/c1-5-19-42(20-6-1)47-39-56(44-23-9-3-10-24-44)60(57(40-47)45-25-11-4-12-26-45)61(49-37-38-55-54-31-17-18-32-58(54)62-59(55)41-49)48-35-33-46(34-36-48)51-28-14-16-30-53(51)52-29-15-13-27-50(52)43-21-7-2-8-22-43/h1-41H. The van der Waals surface area contributed by atoms with Crippen LogP contribution in [0.25, 0.3) is 88.7 Å². The second-order valence-electron chi connectivity index (χ2n) is 15.6. The Labute approximate surface area is 362 Å². The van der Waals surface area contributed by atoms with Gasteiger partial charge in [0.15, 0.2) is 0 Å². The molecule has 0 saturated carbocycles. The lowest BCUT2D eigenvalue weighted by Gasteiger charge is -2.31. The van der Waals surface area contributed by atoms with Gasteiger partial charge in [0.25, 0.3) is 0 Å². The number of fused-ring (bicyclic) bond motifs is 3. The van der Waals surface area contributed by atoms with E-state index in [0.29, 0.717) is 0 Å². The lowest BCUT2D eigenvalue weighted by Crippen LogP contribution is -2.13. The molecule has 1 aromatic heterocycles. The smallest absolute Gasteiger partial charge is 0.137 e. The molecule has 11 rings (SSSR count). The summed E-state index contributed by atoms with van der Waals surface area (Å²) in [7, 11) is 0. The summed E-state index contributed by atoms with van der Waals surface area (Å²) in [5.41, 5.74) is 18.8. The summed E-state index contributed by atoms with van der Waals surface area (Å²) in [6.07, 6.45) is 0. The summed E-state index contributed by atoms with van der Waals surface area (Å²) >= 11 is 0. The summed E-state index contributed by atoms with van der Waals surface area (Å²) in [6, 6.07) is 89.1. The van der Waals surface area contributed by atoms with Gasteiger partial charge in [-0.25, -0.2) is 0 Å². The Morgan fingerprint density at radius 1 is 0.242 bits per heavy atom. The molecule has 62 heavy (non-hydrogen) atoms. The zero-order chi connectivity index (χ0) is 41.2. The van der Waals surface area contributed by atoms with Gasteiger partial charge in [0.05, 0.1) is 5.69 Å². The Balaban J connectivity index is 1.14. The summed E-state index contributed by atoms with van der Waals surface area (Å²) < 4.78 is 6.57. The van der Waals surface area contributed by atoms with E-state index in [2.05, 4.69) is 241 Å². The highest BCUT2D eigenvalue weighted by molar-refractivity contribution is 6.07. The molecule has 0 fully saturated rings. The fraction of sp³-hybridized carbons (Fsp3) is 0. The van der Waals surface area contributed by atoms with E-state index in [9.17, 15) is 0 Å². The van der Waals surface area contributed by atoms with Crippen molar-refractivity contribution in [3.8, 4) is 66.8 Å². The van der Waals surface area contributed by atoms with E-state index < -0.39 is 0 Å². The van der Waals surface area contributed by atoms with Gasteiger partial charge in [0.1, 0.15) is 11.2 Å². The van der Waals surface area contributed by atoms with Gasteiger partial charge in [-0.05, 0) is 98.1 Å². The number of nitrogens with zero attached hydrogens (tertiary/aromatic N) is 1. The zero-order valence-electron chi connectivity index (χ0n) is 34.0. The molecule has 0 aliphatic rings. The number of para-hydroxylation sites is 1. The molecule has 11 aromatic rings. The summed E-state index contributed by atoms with van der Waals surface area (Å²) in [6.45, 7) is 0.